The maximum Gasteiger partial charge on any atom is 0.0589 e. The van der Waals surface area contributed by atoms with Crippen LogP contribution in [0, 0.1) is 0 Å². The van der Waals surface area contributed by atoms with Crippen LogP contribution in [0.5, 0.6) is 0 Å². The molecule has 2 N–H and O–H groups in total. The van der Waals surface area contributed by atoms with Gasteiger partial charge in [0.25, 0.3) is 0 Å². The van der Waals surface area contributed by atoms with Gasteiger partial charge in [0, 0.05) is 51.2 Å². The molecule has 0 radical (unpaired) electrons. The highest BCUT2D eigenvalue weighted by atomic mass is 16.5. The summed E-state index contributed by atoms with van der Waals surface area (Å²) in [5.74, 6) is 0. The molecular formula is C14H23N3O. The smallest absolute Gasteiger partial charge is 0.0589 e. The van der Waals surface area contributed by atoms with Crippen LogP contribution < -0.4 is 10.6 Å². The lowest BCUT2D eigenvalue weighted by Gasteiger charge is -2.27. The van der Waals surface area contributed by atoms with E-state index >= 15 is 0 Å². The van der Waals surface area contributed by atoms with E-state index in [2.05, 4.69) is 29.0 Å². The summed E-state index contributed by atoms with van der Waals surface area (Å²) in [6.07, 6.45) is 1.21. The summed E-state index contributed by atoms with van der Waals surface area (Å²) in [7, 11) is 3.92. The van der Waals surface area contributed by atoms with Crippen LogP contribution in [0.3, 0.4) is 0 Å². The third kappa shape index (κ3) is 3.15. The lowest BCUT2D eigenvalue weighted by molar-refractivity contribution is 0.160. The van der Waals surface area contributed by atoms with Crippen LogP contribution in [0.1, 0.15) is 6.42 Å². The maximum absolute atomic E-state index is 5.72. The predicted octanol–water partition coefficient (Wildman–Crippen LogP) is 1.43. The molecule has 100 valence electrons. The van der Waals surface area contributed by atoms with E-state index < -0.39 is 0 Å². The summed E-state index contributed by atoms with van der Waals surface area (Å²) in [6.45, 7) is 4.12. The van der Waals surface area contributed by atoms with Crippen LogP contribution in [0.25, 0.3) is 0 Å². The number of ether oxygens (including phenoxy) is 1. The number of benzene rings is 1. The van der Waals surface area contributed by atoms with E-state index in [1.807, 2.05) is 12.1 Å². The van der Waals surface area contributed by atoms with E-state index in [1.54, 1.807) is 7.11 Å². The second-order valence-electron chi connectivity index (χ2n) is 4.94. The minimum absolute atomic E-state index is 0.588. The Labute approximate surface area is 109 Å². The SMILES string of the molecule is COCCN1CC[C@H](N(C)c2ccc(N)cc2)C1. The number of nitrogens with zero attached hydrogens (tertiary/aromatic N) is 2. The minimum atomic E-state index is 0.588. The Balaban J connectivity index is 1.90. The van der Waals surface area contributed by atoms with Crippen molar-refractivity contribution in [3.8, 4) is 0 Å². The van der Waals surface area contributed by atoms with Crippen molar-refractivity contribution in [2.45, 2.75) is 12.5 Å². The Morgan fingerprint density at radius 3 is 2.78 bits per heavy atom. The molecule has 0 saturated carbocycles. The van der Waals surface area contributed by atoms with Crippen molar-refractivity contribution in [2.24, 2.45) is 0 Å². The molecule has 4 heteroatoms. The number of nitrogens with two attached hydrogens (primary N) is 1. The molecule has 1 aliphatic heterocycles. The summed E-state index contributed by atoms with van der Waals surface area (Å²) in [5, 5.41) is 0. The first-order valence-electron chi connectivity index (χ1n) is 6.50. The molecule has 0 aliphatic carbocycles. The van der Waals surface area contributed by atoms with Gasteiger partial charge in [-0.3, -0.25) is 4.90 Å². The van der Waals surface area contributed by atoms with Crippen LogP contribution in [-0.4, -0.2) is 51.3 Å². The van der Waals surface area contributed by atoms with Gasteiger partial charge < -0.3 is 15.4 Å². The molecule has 0 bridgehead atoms. The van der Waals surface area contributed by atoms with Crippen molar-refractivity contribution >= 4 is 11.4 Å². The molecule has 2 rings (SSSR count). The molecule has 1 aliphatic rings. The minimum Gasteiger partial charge on any atom is -0.399 e. The number of anilines is 2. The Morgan fingerprint density at radius 1 is 1.39 bits per heavy atom. The molecule has 1 aromatic carbocycles. The van der Waals surface area contributed by atoms with Crippen molar-refractivity contribution < 1.29 is 4.74 Å². The van der Waals surface area contributed by atoms with Gasteiger partial charge in [-0.05, 0) is 30.7 Å². The number of rotatable bonds is 5. The van der Waals surface area contributed by atoms with Gasteiger partial charge >= 0.3 is 0 Å². The molecule has 0 spiro atoms. The summed E-state index contributed by atoms with van der Waals surface area (Å²) in [4.78, 5) is 4.81. The topological polar surface area (TPSA) is 41.7 Å². The molecule has 1 fully saturated rings. The zero-order chi connectivity index (χ0) is 13.0. The fourth-order valence-corrected chi connectivity index (χ4v) is 2.47. The lowest BCUT2D eigenvalue weighted by atomic mass is 10.2. The number of likely N-dealkylation sites (N-methyl/N-ethyl adjacent to an activating group) is 1. The fraction of sp³-hybridized carbons (Fsp3) is 0.571. The van der Waals surface area contributed by atoms with Gasteiger partial charge in [0.05, 0.1) is 6.61 Å². The number of methoxy groups -OCH3 is 1. The molecule has 1 heterocycles. The van der Waals surface area contributed by atoms with Gasteiger partial charge in [0.1, 0.15) is 0 Å². The van der Waals surface area contributed by atoms with E-state index in [9.17, 15) is 0 Å². The molecular weight excluding hydrogens is 226 g/mol. The van der Waals surface area contributed by atoms with E-state index in [-0.39, 0.29) is 0 Å². The molecule has 1 saturated heterocycles. The van der Waals surface area contributed by atoms with Crippen LogP contribution in [0.4, 0.5) is 11.4 Å². The van der Waals surface area contributed by atoms with Crippen LogP contribution >= 0.6 is 0 Å². The number of hydrogen-bond donors (Lipinski definition) is 1. The average Bonchev–Trinajstić information content (AvgIpc) is 2.85. The van der Waals surface area contributed by atoms with Crippen molar-refractivity contribution in [1.29, 1.82) is 0 Å². The van der Waals surface area contributed by atoms with Gasteiger partial charge in [-0.25, -0.2) is 0 Å². The van der Waals surface area contributed by atoms with Crippen molar-refractivity contribution in [1.82, 2.24) is 4.90 Å². The van der Waals surface area contributed by atoms with Crippen molar-refractivity contribution in [3.63, 3.8) is 0 Å². The van der Waals surface area contributed by atoms with Crippen LogP contribution in [-0.2, 0) is 4.74 Å². The Hall–Kier alpha value is -1.26. The van der Waals surface area contributed by atoms with Gasteiger partial charge in [0.2, 0.25) is 0 Å². The number of nitrogen functional groups attached to an aromatic ring is 1. The molecule has 1 aromatic rings. The largest absolute Gasteiger partial charge is 0.399 e. The highest BCUT2D eigenvalue weighted by Crippen LogP contribution is 2.22. The standard InChI is InChI=1S/C14H23N3O/c1-16(13-5-3-12(15)4-6-13)14-7-8-17(11-14)9-10-18-2/h3-6,14H,7-11,15H2,1-2H3/t14-/m0/s1. The first-order chi connectivity index (χ1) is 8.70. The maximum atomic E-state index is 5.72. The van der Waals surface area contributed by atoms with E-state index in [1.165, 1.54) is 12.1 Å². The zero-order valence-electron chi connectivity index (χ0n) is 11.3. The highest BCUT2D eigenvalue weighted by molar-refractivity contribution is 5.53. The summed E-state index contributed by atoms with van der Waals surface area (Å²) in [6, 6.07) is 8.69. The average molecular weight is 249 g/mol. The van der Waals surface area contributed by atoms with Crippen LogP contribution in [0.15, 0.2) is 24.3 Å². The Morgan fingerprint density at radius 2 is 2.11 bits per heavy atom. The normalized spacial score (nSPS) is 20.2. The van der Waals surface area contributed by atoms with Crippen molar-refractivity contribution in [3.05, 3.63) is 24.3 Å². The molecule has 0 aromatic heterocycles. The lowest BCUT2D eigenvalue weighted by Crippen LogP contribution is -2.35. The van der Waals surface area contributed by atoms with Crippen molar-refractivity contribution in [2.75, 3.05) is 51.0 Å². The molecule has 0 amide bonds. The fourth-order valence-electron chi connectivity index (χ4n) is 2.47. The third-order valence-corrected chi connectivity index (χ3v) is 3.71. The second-order valence-corrected chi connectivity index (χ2v) is 4.94. The first-order valence-corrected chi connectivity index (χ1v) is 6.50. The Kier molecular flexibility index (Phi) is 4.44. The summed E-state index contributed by atoms with van der Waals surface area (Å²) in [5.41, 5.74) is 7.77. The van der Waals surface area contributed by atoms with Gasteiger partial charge in [0.15, 0.2) is 0 Å². The quantitative estimate of drug-likeness (QED) is 0.802. The first kappa shape index (κ1) is 13.2. The van der Waals surface area contributed by atoms with Gasteiger partial charge in [-0.2, -0.15) is 0 Å². The van der Waals surface area contributed by atoms with E-state index in [0.29, 0.717) is 6.04 Å². The second kappa shape index (κ2) is 6.07. The molecule has 18 heavy (non-hydrogen) atoms. The third-order valence-electron chi connectivity index (χ3n) is 3.71. The Bertz CT molecular complexity index is 366. The van der Waals surface area contributed by atoms with Crippen LogP contribution in [0.2, 0.25) is 0 Å². The molecule has 1 atom stereocenters. The number of likely N-dealkylation sites (tertiary alicyclic amines) is 1. The van der Waals surface area contributed by atoms with Gasteiger partial charge in [-0.1, -0.05) is 0 Å². The van der Waals surface area contributed by atoms with Gasteiger partial charge in [-0.15, -0.1) is 0 Å². The predicted molar refractivity (Wildman–Crippen MR) is 76.0 cm³/mol. The van der Waals surface area contributed by atoms with E-state index in [0.717, 1.165) is 31.9 Å². The van der Waals surface area contributed by atoms with E-state index in [4.69, 9.17) is 10.5 Å². The number of hydrogen-bond acceptors (Lipinski definition) is 4. The highest BCUT2D eigenvalue weighted by Gasteiger charge is 2.25. The summed E-state index contributed by atoms with van der Waals surface area (Å²) >= 11 is 0. The molecule has 4 nitrogen and oxygen atoms in total. The zero-order valence-corrected chi connectivity index (χ0v) is 11.3. The summed E-state index contributed by atoms with van der Waals surface area (Å²) < 4.78 is 5.13. The monoisotopic (exact) mass is 249 g/mol. The molecule has 0 unspecified atom stereocenters.